The molecule has 0 aliphatic carbocycles. The number of rotatable bonds is 2. The van der Waals surface area contributed by atoms with E-state index in [-0.39, 0.29) is 5.92 Å². The Morgan fingerprint density at radius 2 is 2.33 bits per heavy atom. The van der Waals surface area contributed by atoms with Gasteiger partial charge in [0, 0.05) is 17.5 Å². The second-order valence-electron chi connectivity index (χ2n) is 4.08. The van der Waals surface area contributed by atoms with Gasteiger partial charge in [0.15, 0.2) is 5.78 Å². The molecule has 1 atom stereocenters. The minimum Gasteiger partial charge on any atom is -0.309 e. The Morgan fingerprint density at radius 1 is 1.53 bits per heavy atom. The van der Waals surface area contributed by atoms with E-state index in [9.17, 15) is 4.79 Å². The van der Waals surface area contributed by atoms with E-state index in [1.807, 2.05) is 19.1 Å². The van der Waals surface area contributed by atoms with Crippen LogP contribution in [0.1, 0.15) is 11.1 Å². The Bertz CT molecular complexity index is 389. The summed E-state index contributed by atoms with van der Waals surface area (Å²) in [5.74, 6) is 0.466. The predicted octanol–water partition coefficient (Wildman–Crippen LogP) is 1.98. The normalized spacial score (nSPS) is 20.9. The van der Waals surface area contributed by atoms with Crippen molar-refractivity contribution in [2.24, 2.45) is 5.92 Å². The van der Waals surface area contributed by atoms with Gasteiger partial charge in [-0.05, 0) is 30.5 Å². The molecule has 2 nitrogen and oxygen atoms in total. The molecule has 1 aromatic carbocycles. The fourth-order valence-electron chi connectivity index (χ4n) is 1.93. The Morgan fingerprint density at radius 3 is 2.93 bits per heavy atom. The fourth-order valence-corrected chi connectivity index (χ4v) is 2.05. The molecule has 1 N–H and O–H groups in total. The van der Waals surface area contributed by atoms with Crippen molar-refractivity contribution in [3.05, 3.63) is 34.3 Å². The van der Waals surface area contributed by atoms with Gasteiger partial charge in [0.05, 0.1) is 6.54 Å². The molecule has 0 spiro atoms. The summed E-state index contributed by atoms with van der Waals surface area (Å²) in [7, 11) is 0. The van der Waals surface area contributed by atoms with Crippen LogP contribution in [0.5, 0.6) is 0 Å². The number of benzene rings is 1. The molecule has 1 unspecified atom stereocenters. The summed E-state index contributed by atoms with van der Waals surface area (Å²) in [5, 5.41) is 3.88. The number of aryl methyl sites for hydroxylation is 1. The standard InChI is InChI=1S/C12H14ClNO/c1-8-4-9(2-3-11(8)13)5-10-6-14-7-12(10)15/h2-4,10,14H,5-7H2,1H3. The van der Waals surface area contributed by atoms with E-state index in [0.717, 1.165) is 23.6 Å². The van der Waals surface area contributed by atoms with Gasteiger partial charge in [0.25, 0.3) is 0 Å². The Hall–Kier alpha value is -0.860. The van der Waals surface area contributed by atoms with Crippen LogP contribution in [0.25, 0.3) is 0 Å². The molecule has 0 aromatic heterocycles. The monoisotopic (exact) mass is 223 g/mol. The van der Waals surface area contributed by atoms with Crippen molar-refractivity contribution >= 4 is 17.4 Å². The first-order valence-corrected chi connectivity index (χ1v) is 5.53. The van der Waals surface area contributed by atoms with E-state index in [4.69, 9.17) is 11.6 Å². The molecule has 0 bridgehead atoms. The predicted molar refractivity (Wildman–Crippen MR) is 61.3 cm³/mol. The summed E-state index contributed by atoms with van der Waals surface area (Å²) in [4.78, 5) is 11.4. The van der Waals surface area contributed by atoms with Crippen LogP contribution in [0.15, 0.2) is 18.2 Å². The molecular weight excluding hydrogens is 210 g/mol. The van der Waals surface area contributed by atoms with Crippen LogP contribution in [0, 0.1) is 12.8 Å². The van der Waals surface area contributed by atoms with Gasteiger partial charge in [0.2, 0.25) is 0 Å². The minimum atomic E-state index is 0.144. The zero-order valence-electron chi connectivity index (χ0n) is 8.72. The highest BCUT2D eigenvalue weighted by Crippen LogP contribution is 2.19. The average molecular weight is 224 g/mol. The molecule has 15 heavy (non-hydrogen) atoms. The van der Waals surface area contributed by atoms with E-state index >= 15 is 0 Å². The van der Waals surface area contributed by atoms with E-state index in [1.165, 1.54) is 5.56 Å². The second-order valence-corrected chi connectivity index (χ2v) is 4.49. The van der Waals surface area contributed by atoms with Crippen LogP contribution in [0.2, 0.25) is 5.02 Å². The summed E-state index contributed by atoms with van der Waals surface area (Å²) in [6.07, 6.45) is 0.823. The highest BCUT2D eigenvalue weighted by molar-refractivity contribution is 6.31. The quantitative estimate of drug-likeness (QED) is 0.831. The number of nitrogens with one attached hydrogen (secondary N) is 1. The van der Waals surface area contributed by atoms with E-state index in [1.54, 1.807) is 0 Å². The molecule has 0 saturated carbocycles. The maximum atomic E-state index is 11.4. The third-order valence-electron chi connectivity index (χ3n) is 2.85. The van der Waals surface area contributed by atoms with Gasteiger partial charge in [-0.25, -0.2) is 0 Å². The zero-order chi connectivity index (χ0) is 10.8. The number of carbonyl (C=O) groups excluding carboxylic acids is 1. The van der Waals surface area contributed by atoms with Gasteiger partial charge in [-0.2, -0.15) is 0 Å². The fraction of sp³-hybridized carbons (Fsp3) is 0.417. The van der Waals surface area contributed by atoms with Crippen molar-refractivity contribution in [1.29, 1.82) is 0 Å². The first kappa shape index (κ1) is 10.7. The third kappa shape index (κ3) is 2.39. The largest absolute Gasteiger partial charge is 0.309 e. The number of ketones is 1. The van der Waals surface area contributed by atoms with Gasteiger partial charge < -0.3 is 5.32 Å². The number of halogens is 1. The molecule has 0 radical (unpaired) electrons. The molecule has 1 aromatic rings. The molecule has 1 fully saturated rings. The summed E-state index contributed by atoms with van der Waals surface area (Å²) in [6.45, 7) is 3.32. The summed E-state index contributed by atoms with van der Waals surface area (Å²) >= 11 is 5.95. The summed E-state index contributed by atoms with van der Waals surface area (Å²) in [6, 6.07) is 5.97. The maximum absolute atomic E-state index is 11.4. The number of carbonyl (C=O) groups is 1. The van der Waals surface area contributed by atoms with Crippen molar-refractivity contribution in [2.45, 2.75) is 13.3 Å². The van der Waals surface area contributed by atoms with E-state index in [2.05, 4.69) is 11.4 Å². The zero-order valence-corrected chi connectivity index (χ0v) is 9.47. The molecule has 80 valence electrons. The van der Waals surface area contributed by atoms with E-state index < -0.39 is 0 Å². The minimum absolute atomic E-state index is 0.144. The third-order valence-corrected chi connectivity index (χ3v) is 3.27. The van der Waals surface area contributed by atoms with Crippen molar-refractivity contribution < 1.29 is 4.79 Å². The average Bonchev–Trinajstić information content (AvgIpc) is 2.59. The first-order valence-electron chi connectivity index (χ1n) is 5.15. The lowest BCUT2D eigenvalue weighted by atomic mass is 9.97. The molecule has 1 saturated heterocycles. The lowest BCUT2D eigenvalue weighted by Crippen LogP contribution is -2.14. The number of hydrogen-bond donors (Lipinski definition) is 1. The van der Waals surface area contributed by atoms with Crippen LogP contribution in [0.3, 0.4) is 0 Å². The SMILES string of the molecule is Cc1cc(CC2CNCC2=O)ccc1Cl. The van der Waals surface area contributed by atoms with Gasteiger partial charge in [-0.15, -0.1) is 0 Å². The molecule has 1 aliphatic rings. The van der Waals surface area contributed by atoms with E-state index in [0.29, 0.717) is 12.3 Å². The molecule has 3 heteroatoms. The van der Waals surface area contributed by atoms with Gasteiger partial charge in [0.1, 0.15) is 0 Å². The van der Waals surface area contributed by atoms with Crippen molar-refractivity contribution in [2.75, 3.05) is 13.1 Å². The summed E-state index contributed by atoms with van der Waals surface area (Å²) in [5.41, 5.74) is 2.27. The molecule has 2 rings (SSSR count). The van der Waals surface area contributed by atoms with Crippen molar-refractivity contribution in [1.82, 2.24) is 5.32 Å². The summed E-state index contributed by atoms with van der Waals surface area (Å²) < 4.78 is 0. The smallest absolute Gasteiger partial charge is 0.151 e. The second kappa shape index (κ2) is 4.33. The Balaban J connectivity index is 2.10. The molecular formula is C12H14ClNO. The van der Waals surface area contributed by atoms with Crippen molar-refractivity contribution in [3.8, 4) is 0 Å². The van der Waals surface area contributed by atoms with Crippen LogP contribution in [0.4, 0.5) is 0 Å². The molecule has 0 amide bonds. The lowest BCUT2D eigenvalue weighted by molar-refractivity contribution is -0.119. The number of hydrogen-bond acceptors (Lipinski definition) is 2. The first-order chi connectivity index (χ1) is 7.16. The van der Waals surface area contributed by atoms with Crippen LogP contribution in [-0.4, -0.2) is 18.9 Å². The molecule has 1 aliphatic heterocycles. The van der Waals surface area contributed by atoms with Gasteiger partial charge in [-0.1, -0.05) is 23.7 Å². The lowest BCUT2D eigenvalue weighted by Gasteiger charge is -2.08. The number of Topliss-reactive ketones (excluding diaryl/α,β-unsaturated/α-hetero) is 1. The van der Waals surface area contributed by atoms with Crippen LogP contribution in [-0.2, 0) is 11.2 Å². The molecule has 1 heterocycles. The van der Waals surface area contributed by atoms with Gasteiger partial charge in [-0.3, -0.25) is 4.79 Å². The maximum Gasteiger partial charge on any atom is 0.151 e. The van der Waals surface area contributed by atoms with Gasteiger partial charge >= 0.3 is 0 Å². The highest BCUT2D eigenvalue weighted by Gasteiger charge is 2.23. The Kier molecular flexibility index (Phi) is 3.08. The van der Waals surface area contributed by atoms with Crippen LogP contribution >= 0.6 is 11.6 Å². The Labute approximate surface area is 94.6 Å². The van der Waals surface area contributed by atoms with Crippen LogP contribution < -0.4 is 5.32 Å². The topological polar surface area (TPSA) is 29.1 Å². The highest BCUT2D eigenvalue weighted by atomic mass is 35.5. The van der Waals surface area contributed by atoms with Crippen molar-refractivity contribution in [3.63, 3.8) is 0 Å².